The van der Waals surface area contributed by atoms with Crippen LogP contribution in [0.3, 0.4) is 0 Å². The Bertz CT molecular complexity index is 588. The lowest BCUT2D eigenvalue weighted by Crippen LogP contribution is -1.94. The minimum absolute atomic E-state index is 0.627. The second kappa shape index (κ2) is 5.35. The van der Waals surface area contributed by atoms with E-state index in [0.29, 0.717) is 5.56 Å². The molecule has 0 unspecified atom stereocenters. The van der Waals surface area contributed by atoms with Crippen LogP contribution in [-0.2, 0) is 0 Å². The van der Waals surface area contributed by atoms with E-state index in [1.165, 1.54) is 0 Å². The first-order valence-corrected chi connectivity index (χ1v) is 6.50. The molecule has 0 saturated carbocycles. The van der Waals surface area contributed by atoms with Crippen molar-refractivity contribution in [3.63, 3.8) is 0 Å². The number of nitriles is 1. The molecule has 0 aliphatic heterocycles. The molecule has 84 valence electrons. The molecule has 0 atom stereocenters. The van der Waals surface area contributed by atoms with Gasteiger partial charge in [0.1, 0.15) is 6.07 Å². The van der Waals surface area contributed by atoms with Gasteiger partial charge in [0.2, 0.25) is 0 Å². The molecular formula is C13H8Br2N2. The van der Waals surface area contributed by atoms with Crippen LogP contribution < -0.4 is 5.32 Å². The van der Waals surface area contributed by atoms with Crippen molar-refractivity contribution in [3.05, 3.63) is 57.0 Å². The Morgan fingerprint density at radius 3 is 2.47 bits per heavy atom. The number of nitrogens with zero attached hydrogens (tertiary/aromatic N) is 1. The van der Waals surface area contributed by atoms with E-state index in [2.05, 4.69) is 43.2 Å². The van der Waals surface area contributed by atoms with Gasteiger partial charge in [-0.1, -0.05) is 28.1 Å². The molecule has 2 aromatic rings. The van der Waals surface area contributed by atoms with Gasteiger partial charge in [0.25, 0.3) is 0 Å². The Morgan fingerprint density at radius 2 is 1.76 bits per heavy atom. The predicted molar refractivity (Wildman–Crippen MR) is 76.3 cm³/mol. The van der Waals surface area contributed by atoms with Crippen molar-refractivity contribution in [2.45, 2.75) is 0 Å². The molecule has 2 nitrogen and oxygen atoms in total. The molecule has 0 radical (unpaired) electrons. The molecule has 0 spiro atoms. The summed E-state index contributed by atoms with van der Waals surface area (Å²) in [6.45, 7) is 0. The van der Waals surface area contributed by atoms with E-state index in [4.69, 9.17) is 5.26 Å². The van der Waals surface area contributed by atoms with Gasteiger partial charge >= 0.3 is 0 Å². The van der Waals surface area contributed by atoms with E-state index in [1.807, 2.05) is 36.4 Å². The van der Waals surface area contributed by atoms with E-state index < -0.39 is 0 Å². The van der Waals surface area contributed by atoms with E-state index in [1.54, 1.807) is 6.07 Å². The van der Waals surface area contributed by atoms with Gasteiger partial charge in [-0.25, -0.2) is 0 Å². The summed E-state index contributed by atoms with van der Waals surface area (Å²) < 4.78 is 1.95. The number of hydrogen-bond acceptors (Lipinski definition) is 2. The fourth-order valence-electron chi connectivity index (χ4n) is 1.43. The molecule has 1 N–H and O–H groups in total. The summed E-state index contributed by atoms with van der Waals surface area (Å²) in [4.78, 5) is 0. The van der Waals surface area contributed by atoms with E-state index in [0.717, 1.165) is 20.3 Å². The lowest BCUT2D eigenvalue weighted by atomic mass is 10.2. The monoisotopic (exact) mass is 350 g/mol. The van der Waals surface area contributed by atoms with Crippen molar-refractivity contribution in [2.75, 3.05) is 5.32 Å². The zero-order valence-electron chi connectivity index (χ0n) is 8.74. The van der Waals surface area contributed by atoms with Crippen LogP contribution in [0.1, 0.15) is 5.56 Å². The van der Waals surface area contributed by atoms with Crippen LogP contribution >= 0.6 is 31.9 Å². The van der Waals surface area contributed by atoms with E-state index in [-0.39, 0.29) is 0 Å². The topological polar surface area (TPSA) is 35.8 Å². The SMILES string of the molecule is N#Cc1ccccc1Nc1ccc(Br)cc1Br. The van der Waals surface area contributed by atoms with Gasteiger partial charge in [-0.2, -0.15) is 5.26 Å². The number of anilines is 2. The van der Waals surface area contributed by atoms with Crippen molar-refractivity contribution >= 4 is 43.2 Å². The molecule has 0 heterocycles. The van der Waals surface area contributed by atoms with Crippen LogP contribution in [0.15, 0.2) is 51.4 Å². The third-order valence-electron chi connectivity index (χ3n) is 2.25. The van der Waals surface area contributed by atoms with Gasteiger partial charge in [0.15, 0.2) is 0 Å². The first-order valence-electron chi connectivity index (χ1n) is 4.92. The molecule has 4 heteroatoms. The van der Waals surface area contributed by atoms with Crippen molar-refractivity contribution in [2.24, 2.45) is 0 Å². The van der Waals surface area contributed by atoms with Crippen LogP contribution in [0, 0.1) is 11.3 Å². The maximum absolute atomic E-state index is 9.00. The molecule has 2 aromatic carbocycles. The molecule has 0 aliphatic rings. The largest absolute Gasteiger partial charge is 0.354 e. The second-order valence-electron chi connectivity index (χ2n) is 3.41. The van der Waals surface area contributed by atoms with Crippen LogP contribution in [0.25, 0.3) is 0 Å². The maximum Gasteiger partial charge on any atom is 0.101 e. The zero-order chi connectivity index (χ0) is 12.3. The highest BCUT2D eigenvalue weighted by atomic mass is 79.9. The third kappa shape index (κ3) is 2.87. The van der Waals surface area contributed by atoms with Crippen LogP contribution in [0.4, 0.5) is 11.4 Å². The molecule has 0 saturated heterocycles. The van der Waals surface area contributed by atoms with E-state index in [9.17, 15) is 0 Å². The summed E-state index contributed by atoms with van der Waals surface area (Å²) in [5, 5.41) is 12.2. The number of hydrogen-bond donors (Lipinski definition) is 1. The number of benzene rings is 2. The second-order valence-corrected chi connectivity index (χ2v) is 5.18. The zero-order valence-corrected chi connectivity index (χ0v) is 11.9. The number of rotatable bonds is 2. The number of nitrogens with one attached hydrogen (secondary N) is 1. The summed E-state index contributed by atoms with van der Waals surface area (Å²) in [6.07, 6.45) is 0. The van der Waals surface area contributed by atoms with E-state index >= 15 is 0 Å². The summed E-state index contributed by atoms with van der Waals surface area (Å²) in [7, 11) is 0. The summed E-state index contributed by atoms with van der Waals surface area (Å²) in [5.74, 6) is 0. The Morgan fingerprint density at radius 1 is 1.00 bits per heavy atom. The van der Waals surface area contributed by atoms with Crippen molar-refractivity contribution < 1.29 is 0 Å². The van der Waals surface area contributed by atoms with Crippen molar-refractivity contribution in [3.8, 4) is 6.07 Å². The van der Waals surface area contributed by atoms with Gasteiger partial charge in [-0.15, -0.1) is 0 Å². The normalized spacial score (nSPS) is 9.71. The smallest absolute Gasteiger partial charge is 0.101 e. The Hall–Kier alpha value is -1.31. The average molecular weight is 352 g/mol. The molecule has 0 fully saturated rings. The highest BCUT2D eigenvalue weighted by Gasteiger charge is 2.04. The standard InChI is InChI=1S/C13H8Br2N2/c14-10-5-6-13(11(15)7-10)17-12-4-2-1-3-9(12)8-16/h1-7,17H. The third-order valence-corrected chi connectivity index (χ3v) is 3.40. The maximum atomic E-state index is 9.00. The quantitative estimate of drug-likeness (QED) is 0.841. The average Bonchev–Trinajstić information content (AvgIpc) is 2.33. The van der Waals surface area contributed by atoms with Gasteiger partial charge in [0.05, 0.1) is 16.9 Å². The lowest BCUT2D eigenvalue weighted by Gasteiger charge is -2.10. The van der Waals surface area contributed by atoms with Crippen molar-refractivity contribution in [1.82, 2.24) is 0 Å². The molecule has 2 rings (SSSR count). The highest BCUT2D eigenvalue weighted by molar-refractivity contribution is 9.11. The molecule has 0 amide bonds. The first-order chi connectivity index (χ1) is 8.20. The Balaban J connectivity index is 2.35. The van der Waals surface area contributed by atoms with Crippen molar-refractivity contribution in [1.29, 1.82) is 5.26 Å². The Kier molecular flexibility index (Phi) is 3.82. The molecule has 0 bridgehead atoms. The van der Waals surface area contributed by atoms with Crippen LogP contribution in [-0.4, -0.2) is 0 Å². The molecule has 17 heavy (non-hydrogen) atoms. The van der Waals surface area contributed by atoms with Gasteiger partial charge in [0, 0.05) is 8.95 Å². The highest BCUT2D eigenvalue weighted by Crippen LogP contribution is 2.29. The minimum Gasteiger partial charge on any atom is -0.354 e. The fraction of sp³-hybridized carbons (Fsp3) is 0. The Labute approximate surface area is 117 Å². The van der Waals surface area contributed by atoms with Gasteiger partial charge < -0.3 is 5.32 Å². The molecule has 0 aromatic heterocycles. The van der Waals surface area contributed by atoms with Crippen LogP contribution in [0.5, 0.6) is 0 Å². The minimum atomic E-state index is 0.627. The molecule has 0 aliphatic carbocycles. The molecular weight excluding hydrogens is 344 g/mol. The van der Waals surface area contributed by atoms with Gasteiger partial charge in [-0.3, -0.25) is 0 Å². The summed E-state index contributed by atoms with van der Waals surface area (Å²) >= 11 is 6.88. The first kappa shape index (κ1) is 12.2. The predicted octanol–water partition coefficient (Wildman–Crippen LogP) is 4.83. The lowest BCUT2D eigenvalue weighted by molar-refractivity contribution is 1.45. The fourth-order valence-corrected chi connectivity index (χ4v) is 2.57. The number of para-hydroxylation sites is 1. The van der Waals surface area contributed by atoms with Crippen LogP contribution in [0.2, 0.25) is 0 Å². The summed E-state index contributed by atoms with van der Waals surface area (Å²) in [6, 6.07) is 15.4. The number of halogens is 2. The summed E-state index contributed by atoms with van der Waals surface area (Å²) in [5.41, 5.74) is 2.36. The van der Waals surface area contributed by atoms with Gasteiger partial charge in [-0.05, 0) is 46.3 Å².